The maximum atomic E-state index is 12.7. The van der Waals surface area contributed by atoms with E-state index in [0.29, 0.717) is 6.54 Å². The van der Waals surface area contributed by atoms with Crippen LogP contribution in [0.25, 0.3) is 0 Å². The Balaban J connectivity index is 1.65. The number of rotatable bonds is 6. The standard InChI is InChI=1S/C16H25N7OS/c1-11(16-12(2)25-13(3)17-16)21(4)15(24)10-23-14(18-19-20-23)9-22-7-5-6-8-22/h11H,5-10H2,1-4H3/t11-/m0/s1. The molecule has 0 aromatic carbocycles. The zero-order chi connectivity index (χ0) is 18.0. The summed E-state index contributed by atoms with van der Waals surface area (Å²) in [5, 5.41) is 12.9. The largest absolute Gasteiger partial charge is 0.336 e. The molecule has 1 aliphatic heterocycles. The van der Waals surface area contributed by atoms with Crippen molar-refractivity contribution in [3.63, 3.8) is 0 Å². The quantitative estimate of drug-likeness (QED) is 0.775. The first-order valence-corrected chi connectivity index (χ1v) is 9.44. The number of amides is 1. The smallest absolute Gasteiger partial charge is 0.244 e. The number of nitrogens with zero attached hydrogens (tertiary/aromatic N) is 7. The molecular weight excluding hydrogens is 338 g/mol. The molecule has 0 bridgehead atoms. The number of hydrogen-bond donors (Lipinski definition) is 0. The van der Waals surface area contributed by atoms with Gasteiger partial charge >= 0.3 is 0 Å². The molecule has 9 heteroatoms. The number of carbonyl (C=O) groups is 1. The van der Waals surface area contributed by atoms with Crippen molar-refractivity contribution in [3.8, 4) is 0 Å². The van der Waals surface area contributed by atoms with Crippen LogP contribution < -0.4 is 0 Å². The van der Waals surface area contributed by atoms with E-state index in [-0.39, 0.29) is 18.5 Å². The SMILES string of the molecule is Cc1nc([C@H](C)N(C)C(=O)Cn2nnnc2CN2CCCC2)c(C)s1. The van der Waals surface area contributed by atoms with E-state index in [2.05, 4.69) is 25.4 Å². The van der Waals surface area contributed by atoms with Crippen LogP contribution in [-0.2, 0) is 17.9 Å². The van der Waals surface area contributed by atoms with Gasteiger partial charge in [0.1, 0.15) is 6.54 Å². The van der Waals surface area contributed by atoms with Gasteiger partial charge in [-0.1, -0.05) is 0 Å². The Morgan fingerprint density at radius 1 is 1.32 bits per heavy atom. The van der Waals surface area contributed by atoms with Crippen LogP contribution in [0.2, 0.25) is 0 Å². The van der Waals surface area contributed by atoms with Gasteiger partial charge in [0.15, 0.2) is 5.82 Å². The number of aromatic nitrogens is 5. The zero-order valence-electron chi connectivity index (χ0n) is 15.3. The fraction of sp³-hybridized carbons (Fsp3) is 0.688. The third-order valence-corrected chi connectivity index (χ3v) is 5.67. The molecule has 0 aliphatic carbocycles. The first-order valence-electron chi connectivity index (χ1n) is 8.62. The number of carbonyl (C=O) groups excluding carboxylic acids is 1. The highest BCUT2D eigenvalue weighted by Gasteiger charge is 2.23. The van der Waals surface area contributed by atoms with E-state index in [0.717, 1.165) is 34.5 Å². The summed E-state index contributed by atoms with van der Waals surface area (Å²) in [6.45, 7) is 9.03. The summed E-state index contributed by atoms with van der Waals surface area (Å²) >= 11 is 1.66. The minimum absolute atomic E-state index is 0.0208. The first kappa shape index (κ1) is 17.9. The van der Waals surface area contributed by atoms with E-state index in [4.69, 9.17) is 0 Å². The summed E-state index contributed by atoms with van der Waals surface area (Å²) in [6.07, 6.45) is 2.43. The molecule has 0 unspecified atom stereocenters. The lowest BCUT2D eigenvalue weighted by Gasteiger charge is -2.24. The van der Waals surface area contributed by atoms with Crippen molar-refractivity contribution in [1.29, 1.82) is 0 Å². The number of hydrogen-bond acceptors (Lipinski definition) is 7. The van der Waals surface area contributed by atoms with Gasteiger partial charge in [-0.05, 0) is 57.1 Å². The molecule has 2 aromatic rings. The van der Waals surface area contributed by atoms with Crippen LogP contribution in [0, 0.1) is 13.8 Å². The van der Waals surface area contributed by atoms with Crippen molar-refractivity contribution in [2.24, 2.45) is 0 Å². The van der Waals surface area contributed by atoms with Crippen molar-refractivity contribution in [3.05, 3.63) is 21.4 Å². The van der Waals surface area contributed by atoms with E-state index in [1.54, 1.807) is 20.9 Å². The van der Waals surface area contributed by atoms with Crippen molar-refractivity contribution >= 4 is 17.2 Å². The lowest BCUT2D eigenvalue weighted by atomic mass is 10.2. The monoisotopic (exact) mass is 363 g/mol. The van der Waals surface area contributed by atoms with E-state index >= 15 is 0 Å². The van der Waals surface area contributed by atoms with Crippen molar-refractivity contribution in [1.82, 2.24) is 35.0 Å². The number of thiazole rings is 1. The first-order chi connectivity index (χ1) is 12.0. The minimum Gasteiger partial charge on any atom is -0.336 e. The van der Waals surface area contributed by atoms with E-state index in [1.807, 2.05) is 27.8 Å². The van der Waals surface area contributed by atoms with Gasteiger partial charge in [-0.25, -0.2) is 9.67 Å². The minimum atomic E-state index is -0.0732. The van der Waals surface area contributed by atoms with Crippen LogP contribution in [0.3, 0.4) is 0 Å². The van der Waals surface area contributed by atoms with Crippen LogP contribution in [0.5, 0.6) is 0 Å². The van der Waals surface area contributed by atoms with Crippen molar-refractivity contribution in [2.45, 2.75) is 52.7 Å². The summed E-state index contributed by atoms with van der Waals surface area (Å²) in [4.78, 5) is 22.5. The molecule has 1 atom stereocenters. The van der Waals surface area contributed by atoms with Gasteiger partial charge in [-0.3, -0.25) is 9.69 Å². The molecule has 0 N–H and O–H groups in total. The zero-order valence-corrected chi connectivity index (χ0v) is 16.1. The summed E-state index contributed by atoms with van der Waals surface area (Å²) in [7, 11) is 1.81. The molecule has 136 valence electrons. The fourth-order valence-electron chi connectivity index (χ4n) is 3.17. The number of likely N-dealkylation sites (N-methyl/N-ethyl adjacent to an activating group) is 1. The molecule has 2 aromatic heterocycles. The summed E-state index contributed by atoms with van der Waals surface area (Å²) in [5.74, 6) is 0.726. The second-order valence-electron chi connectivity index (χ2n) is 6.59. The molecule has 3 rings (SSSR count). The van der Waals surface area contributed by atoms with Gasteiger partial charge in [0.2, 0.25) is 5.91 Å². The van der Waals surface area contributed by atoms with Gasteiger partial charge in [-0.15, -0.1) is 16.4 Å². The average Bonchev–Trinajstić information content (AvgIpc) is 3.30. The van der Waals surface area contributed by atoms with Gasteiger partial charge in [0.05, 0.1) is 23.3 Å². The topological polar surface area (TPSA) is 80.0 Å². The highest BCUT2D eigenvalue weighted by Crippen LogP contribution is 2.26. The Bertz CT molecular complexity index is 735. The Labute approximate surface area is 151 Å². The molecule has 1 saturated heterocycles. The van der Waals surface area contributed by atoms with Crippen molar-refractivity contribution < 1.29 is 4.79 Å². The normalized spacial score (nSPS) is 16.3. The predicted octanol–water partition coefficient (Wildman–Crippen LogP) is 1.56. The van der Waals surface area contributed by atoms with Crippen LogP contribution in [0.4, 0.5) is 0 Å². The third-order valence-electron chi connectivity index (χ3n) is 4.76. The molecule has 3 heterocycles. The molecule has 25 heavy (non-hydrogen) atoms. The maximum Gasteiger partial charge on any atom is 0.244 e. The lowest BCUT2D eigenvalue weighted by molar-refractivity contribution is -0.132. The van der Waals surface area contributed by atoms with Crippen LogP contribution in [0.1, 0.15) is 47.2 Å². The highest BCUT2D eigenvalue weighted by atomic mass is 32.1. The van der Waals surface area contributed by atoms with Gasteiger partial charge in [0.25, 0.3) is 0 Å². The van der Waals surface area contributed by atoms with Crippen molar-refractivity contribution in [2.75, 3.05) is 20.1 Å². The second kappa shape index (κ2) is 7.57. The number of tetrazole rings is 1. The van der Waals surface area contributed by atoms with Crippen LogP contribution >= 0.6 is 11.3 Å². The number of aryl methyl sites for hydroxylation is 2. The Hall–Kier alpha value is -1.87. The van der Waals surface area contributed by atoms with E-state index in [9.17, 15) is 4.79 Å². The van der Waals surface area contributed by atoms with Crippen LogP contribution in [-0.4, -0.2) is 61.0 Å². The Morgan fingerprint density at radius 3 is 2.68 bits per heavy atom. The number of likely N-dealkylation sites (tertiary alicyclic amines) is 1. The summed E-state index contributed by atoms with van der Waals surface area (Å²) in [6, 6.07) is -0.0732. The summed E-state index contributed by atoms with van der Waals surface area (Å²) in [5.41, 5.74) is 0.965. The molecule has 8 nitrogen and oxygen atoms in total. The molecule has 0 spiro atoms. The fourth-order valence-corrected chi connectivity index (χ4v) is 4.08. The predicted molar refractivity (Wildman–Crippen MR) is 95.1 cm³/mol. The molecule has 0 saturated carbocycles. The second-order valence-corrected chi connectivity index (χ2v) is 8.00. The van der Waals surface area contributed by atoms with Crippen LogP contribution in [0.15, 0.2) is 0 Å². The van der Waals surface area contributed by atoms with Gasteiger partial charge < -0.3 is 4.90 Å². The summed E-state index contributed by atoms with van der Waals surface area (Å²) < 4.78 is 1.61. The lowest BCUT2D eigenvalue weighted by Crippen LogP contribution is -2.34. The Kier molecular flexibility index (Phi) is 5.43. The molecule has 1 aliphatic rings. The van der Waals surface area contributed by atoms with Gasteiger partial charge in [0, 0.05) is 11.9 Å². The average molecular weight is 363 g/mol. The molecule has 1 amide bonds. The molecule has 1 fully saturated rings. The molecular formula is C16H25N7OS. The molecule has 0 radical (unpaired) electrons. The van der Waals surface area contributed by atoms with E-state index < -0.39 is 0 Å². The third kappa shape index (κ3) is 4.04. The van der Waals surface area contributed by atoms with Gasteiger partial charge in [-0.2, -0.15) is 0 Å². The van der Waals surface area contributed by atoms with E-state index in [1.165, 1.54) is 12.8 Å². The highest BCUT2D eigenvalue weighted by molar-refractivity contribution is 7.11. The maximum absolute atomic E-state index is 12.7. The Morgan fingerprint density at radius 2 is 2.04 bits per heavy atom.